The van der Waals surface area contributed by atoms with Gasteiger partial charge in [-0.3, -0.25) is 4.79 Å². The number of rotatable bonds is 13. The normalized spacial score (nSPS) is 17.5. The zero-order chi connectivity index (χ0) is 22.9. The van der Waals surface area contributed by atoms with E-state index in [9.17, 15) is 27.9 Å². The number of carboxylic acid groups (broad SMARTS) is 1. The van der Waals surface area contributed by atoms with E-state index in [1.54, 1.807) is 4.90 Å². The maximum atomic E-state index is 12.5. The van der Waals surface area contributed by atoms with Gasteiger partial charge in [0.15, 0.2) is 0 Å². The topological polar surface area (TPSA) is 99.1 Å². The molecule has 0 radical (unpaired) electrons. The van der Waals surface area contributed by atoms with Gasteiger partial charge in [0.05, 0.1) is 11.7 Å². The van der Waals surface area contributed by atoms with E-state index in [1.807, 2.05) is 0 Å². The number of carbonyl (C=O) groups is 2. The minimum absolute atomic E-state index is 0.0347. The van der Waals surface area contributed by atoms with Gasteiger partial charge in [-0.05, 0) is 43.5 Å². The SMILES string of the molecule is O=C(O)CCCCCCC1CN(CCC(O)COc2ccc(C(F)(F)F)cc2)C(=O)N1. The van der Waals surface area contributed by atoms with Crippen LogP contribution in [0.4, 0.5) is 18.0 Å². The molecule has 10 heteroatoms. The molecule has 2 amide bonds. The molecule has 1 aliphatic rings. The molecule has 0 spiro atoms. The molecule has 2 rings (SSSR count). The lowest BCUT2D eigenvalue weighted by Crippen LogP contribution is -2.32. The van der Waals surface area contributed by atoms with Crippen LogP contribution in [0.15, 0.2) is 24.3 Å². The molecule has 0 aromatic heterocycles. The minimum atomic E-state index is -4.41. The van der Waals surface area contributed by atoms with Crippen LogP contribution in [0, 0.1) is 0 Å². The molecular formula is C21H29F3N2O5. The first-order valence-corrected chi connectivity index (χ1v) is 10.4. The Kier molecular flexibility index (Phi) is 9.42. The molecule has 174 valence electrons. The highest BCUT2D eigenvalue weighted by Crippen LogP contribution is 2.30. The first-order valence-electron chi connectivity index (χ1n) is 10.4. The van der Waals surface area contributed by atoms with Gasteiger partial charge < -0.3 is 25.2 Å². The number of carbonyl (C=O) groups excluding carboxylic acids is 1. The zero-order valence-corrected chi connectivity index (χ0v) is 17.2. The molecule has 2 atom stereocenters. The van der Waals surface area contributed by atoms with E-state index >= 15 is 0 Å². The highest BCUT2D eigenvalue weighted by molar-refractivity contribution is 5.76. The number of aliphatic carboxylic acids is 1. The molecule has 1 heterocycles. The molecule has 1 aromatic carbocycles. The fourth-order valence-electron chi connectivity index (χ4n) is 3.36. The molecule has 1 fully saturated rings. The van der Waals surface area contributed by atoms with Crippen LogP contribution < -0.4 is 10.1 Å². The predicted octanol–water partition coefficient (Wildman–Crippen LogP) is 3.65. The lowest BCUT2D eigenvalue weighted by molar-refractivity contribution is -0.138. The van der Waals surface area contributed by atoms with E-state index < -0.39 is 23.8 Å². The van der Waals surface area contributed by atoms with Crippen molar-refractivity contribution in [3.8, 4) is 5.75 Å². The maximum Gasteiger partial charge on any atom is 0.416 e. The van der Waals surface area contributed by atoms with Gasteiger partial charge in [-0.25, -0.2) is 4.79 Å². The Morgan fingerprint density at radius 1 is 1.19 bits per heavy atom. The second-order valence-corrected chi connectivity index (χ2v) is 7.71. The molecule has 0 aliphatic carbocycles. The van der Waals surface area contributed by atoms with Gasteiger partial charge in [-0.2, -0.15) is 13.2 Å². The summed E-state index contributed by atoms with van der Waals surface area (Å²) in [6.07, 6.45) is -0.659. The first-order chi connectivity index (χ1) is 14.6. The Hall–Kier alpha value is -2.49. The van der Waals surface area contributed by atoms with Crippen LogP contribution in [-0.4, -0.2) is 59.0 Å². The van der Waals surface area contributed by atoms with Crippen molar-refractivity contribution in [3.05, 3.63) is 29.8 Å². The number of urea groups is 1. The maximum absolute atomic E-state index is 12.5. The van der Waals surface area contributed by atoms with Gasteiger partial charge in [-0.1, -0.05) is 19.3 Å². The van der Waals surface area contributed by atoms with Crippen molar-refractivity contribution < 1.29 is 37.7 Å². The minimum Gasteiger partial charge on any atom is -0.491 e. The highest BCUT2D eigenvalue weighted by atomic mass is 19.4. The second kappa shape index (κ2) is 11.8. The number of aliphatic hydroxyl groups excluding tert-OH is 1. The molecule has 1 saturated heterocycles. The lowest BCUT2D eigenvalue weighted by atomic mass is 10.1. The summed E-state index contributed by atoms with van der Waals surface area (Å²) >= 11 is 0. The van der Waals surface area contributed by atoms with Crippen molar-refractivity contribution in [1.29, 1.82) is 0 Å². The molecule has 31 heavy (non-hydrogen) atoms. The zero-order valence-electron chi connectivity index (χ0n) is 17.2. The Balaban J connectivity index is 1.61. The van der Waals surface area contributed by atoms with Gasteiger partial charge in [0, 0.05) is 25.6 Å². The molecule has 0 saturated carbocycles. The van der Waals surface area contributed by atoms with Crippen LogP contribution in [0.2, 0.25) is 0 Å². The van der Waals surface area contributed by atoms with Crippen molar-refractivity contribution in [2.24, 2.45) is 0 Å². The summed E-state index contributed by atoms with van der Waals surface area (Å²) in [5.74, 6) is -0.556. The van der Waals surface area contributed by atoms with Crippen molar-refractivity contribution in [3.63, 3.8) is 0 Å². The fourth-order valence-corrected chi connectivity index (χ4v) is 3.36. The first kappa shape index (κ1) is 24.8. The van der Waals surface area contributed by atoms with Crippen LogP contribution in [0.1, 0.15) is 50.5 Å². The van der Waals surface area contributed by atoms with E-state index in [1.165, 1.54) is 12.1 Å². The number of ether oxygens (including phenoxy) is 1. The Labute approximate surface area is 179 Å². The monoisotopic (exact) mass is 446 g/mol. The van der Waals surface area contributed by atoms with E-state index in [4.69, 9.17) is 9.84 Å². The van der Waals surface area contributed by atoms with Crippen molar-refractivity contribution in [2.45, 2.75) is 63.3 Å². The standard InChI is InChI=1S/C21H29F3N2O5/c22-21(23,24)15-7-9-18(10-8-15)31-14-17(27)11-12-26-13-16(25-20(26)30)5-3-1-2-4-6-19(28)29/h7-10,16-17,27H,1-6,11-14H2,(H,25,30)(H,28,29). The Morgan fingerprint density at radius 2 is 1.87 bits per heavy atom. The summed E-state index contributed by atoms with van der Waals surface area (Å²) < 4.78 is 43.0. The van der Waals surface area contributed by atoms with Gasteiger partial charge in [-0.15, -0.1) is 0 Å². The summed E-state index contributed by atoms with van der Waals surface area (Å²) in [5, 5.41) is 21.6. The van der Waals surface area contributed by atoms with Gasteiger partial charge >= 0.3 is 18.2 Å². The quantitative estimate of drug-likeness (QED) is 0.402. The molecule has 2 unspecified atom stereocenters. The summed E-state index contributed by atoms with van der Waals surface area (Å²) in [7, 11) is 0. The molecule has 1 aromatic rings. The summed E-state index contributed by atoms with van der Waals surface area (Å²) in [4.78, 5) is 24.1. The molecule has 7 nitrogen and oxygen atoms in total. The van der Waals surface area contributed by atoms with Gasteiger partial charge in [0.2, 0.25) is 0 Å². The number of hydrogen-bond acceptors (Lipinski definition) is 4. The average Bonchev–Trinajstić information content (AvgIpc) is 3.06. The lowest BCUT2D eigenvalue weighted by Gasteiger charge is -2.18. The predicted molar refractivity (Wildman–Crippen MR) is 107 cm³/mol. The van der Waals surface area contributed by atoms with Crippen molar-refractivity contribution >= 4 is 12.0 Å². The van der Waals surface area contributed by atoms with Crippen molar-refractivity contribution in [1.82, 2.24) is 10.2 Å². The third-order valence-electron chi connectivity index (χ3n) is 5.11. The van der Waals surface area contributed by atoms with Crippen LogP contribution in [0.3, 0.4) is 0 Å². The van der Waals surface area contributed by atoms with Crippen LogP contribution in [0.25, 0.3) is 0 Å². The van der Waals surface area contributed by atoms with E-state index in [-0.39, 0.29) is 37.3 Å². The van der Waals surface area contributed by atoms with Crippen LogP contribution in [-0.2, 0) is 11.0 Å². The number of nitrogens with zero attached hydrogens (tertiary/aromatic N) is 1. The highest BCUT2D eigenvalue weighted by Gasteiger charge is 2.30. The fraction of sp³-hybridized carbons (Fsp3) is 0.619. The number of unbranched alkanes of at least 4 members (excludes halogenated alkanes) is 3. The van der Waals surface area contributed by atoms with Crippen LogP contribution >= 0.6 is 0 Å². The van der Waals surface area contributed by atoms with Gasteiger partial charge in [0.25, 0.3) is 0 Å². The number of nitrogens with one attached hydrogen (secondary N) is 1. The molecule has 1 aliphatic heterocycles. The van der Waals surface area contributed by atoms with Crippen LogP contribution in [0.5, 0.6) is 5.75 Å². The van der Waals surface area contributed by atoms with E-state index in [0.29, 0.717) is 19.5 Å². The van der Waals surface area contributed by atoms with Gasteiger partial charge in [0.1, 0.15) is 12.4 Å². The smallest absolute Gasteiger partial charge is 0.416 e. The third kappa shape index (κ3) is 9.04. The third-order valence-corrected chi connectivity index (χ3v) is 5.11. The number of hydrogen-bond donors (Lipinski definition) is 3. The number of alkyl halides is 3. The number of benzene rings is 1. The molecular weight excluding hydrogens is 417 g/mol. The molecule has 3 N–H and O–H groups in total. The van der Waals surface area contributed by atoms with E-state index in [0.717, 1.165) is 37.8 Å². The number of aliphatic hydroxyl groups is 1. The Bertz CT molecular complexity index is 712. The number of carboxylic acids is 1. The average molecular weight is 446 g/mol. The number of halogens is 3. The van der Waals surface area contributed by atoms with E-state index in [2.05, 4.69) is 5.32 Å². The summed E-state index contributed by atoms with van der Waals surface area (Å²) in [5.41, 5.74) is -0.768. The summed E-state index contributed by atoms with van der Waals surface area (Å²) in [6.45, 7) is 0.805. The van der Waals surface area contributed by atoms with Crippen molar-refractivity contribution in [2.75, 3.05) is 19.7 Å². The number of amides is 2. The summed E-state index contributed by atoms with van der Waals surface area (Å²) in [6, 6.07) is 4.09. The Morgan fingerprint density at radius 3 is 2.52 bits per heavy atom. The molecule has 0 bridgehead atoms. The second-order valence-electron chi connectivity index (χ2n) is 7.71. The largest absolute Gasteiger partial charge is 0.491 e.